The molecule has 0 amide bonds. The molecule has 1 saturated carbocycles. The van der Waals surface area contributed by atoms with Crippen molar-refractivity contribution in [3.63, 3.8) is 0 Å². The van der Waals surface area contributed by atoms with Gasteiger partial charge in [0.15, 0.2) is 0 Å². The molecule has 0 spiro atoms. The fraction of sp³-hybridized carbons (Fsp3) is 0.421. The summed E-state index contributed by atoms with van der Waals surface area (Å²) in [7, 11) is 0. The fourth-order valence-corrected chi connectivity index (χ4v) is 5.46. The van der Waals surface area contributed by atoms with Crippen LogP contribution in [0.15, 0.2) is 36.4 Å². The predicted molar refractivity (Wildman–Crippen MR) is 113 cm³/mol. The molecular formula is C19H20BrClO2S2. The van der Waals surface area contributed by atoms with E-state index < -0.39 is 0 Å². The molecule has 0 radical (unpaired) electrons. The highest BCUT2D eigenvalue weighted by molar-refractivity contribution is 9.09. The zero-order chi connectivity index (χ0) is 17.8. The zero-order valence-electron chi connectivity index (χ0n) is 13.9. The molecule has 2 nitrogen and oxygen atoms in total. The molecular weight excluding hydrogens is 440 g/mol. The Morgan fingerprint density at radius 2 is 1.96 bits per heavy atom. The topological polar surface area (TPSA) is 18.5 Å². The lowest BCUT2D eigenvalue weighted by Crippen LogP contribution is -2.27. The Bertz CT molecular complexity index is 716. The van der Waals surface area contributed by atoms with Crippen molar-refractivity contribution < 1.29 is 9.47 Å². The summed E-state index contributed by atoms with van der Waals surface area (Å²) >= 11 is 17.1. The number of rotatable bonds is 7. The minimum atomic E-state index is 0.222. The van der Waals surface area contributed by atoms with Gasteiger partial charge in [0.25, 0.3) is 0 Å². The van der Waals surface area contributed by atoms with E-state index in [-0.39, 0.29) is 5.92 Å². The summed E-state index contributed by atoms with van der Waals surface area (Å²) in [5, 5.41) is 0.708. The molecule has 134 valence electrons. The van der Waals surface area contributed by atoms with Crippen LogP contribution in [-0.2, 0) is 11.3 Å². The molecule has 3 atom stereocenters. The van der Waals surface area contributed by atoms with Crippen molar-refractivity contribution in [2.75, 3.05) is 13.2 Å². The molecule has 1 aromatic carbocycles. The Morgan fingerprint density at radius 1 is 1.20 bits per heavy atom. The first-order valence-corrected chi connectivity index (χ1v) is 10.7. The van der Waals surface area contributed by atoms with Gasteiger partial charge in [0, 0.05) is 36.3 Å². The largest absolute Gasteiger partial charge is 0.493 e. The summed E-state index contributed by atoms with van der Waals surface area (Å²) in [5.74, 6) is 1.37. The molecule has 1 unspecified atom stereocenters. The van der Waals surface area contributed by atoms with Crippen LogP contribution < -0.4 is 4.74 Å². The molecule has 1 fully saturated rings. The van der Waals surface area contributed by atoms with Crippen molar-refractivity contribution >= 4 is 56.0 Å². The van der Waals surface area contributed by atoms with Crippen LogP contribution in [0.2, 0.25) is 5.02 Å². The van der Waals surface area contributed by atoms with Gasteiger partial charge >= 0.3 is 0 Å². The van der Waals surface area contributed by atoms with Gasteiger partial charge in [0.1, 0.15) is 5.75 Å². The molecule has 1 aliphatic carbocycles. The number of thiophene rings is 1. The Kier molecular flexibility index (Phi) is 6.92. The van der Waals surface area contributed by atoms with Crippen LogP contribution in [0.5, 0.6) is 5.75 Å². The summed E-state index contributed by atoms with van der Waals surface area (Å²) in [6, 6.07) is 11.7. The van der Waals surface area contributed by atoms with Crippen LogP contribution >= 0.6 is 51.1 Å². The van der Waals surface area contributed by atoms with Gasteiger partial charge in [0.05, 0.1) is 19.8 Å². The van der Waals surface area contributed by atoms with Gasteiger partial charge < -0.3 is 9.47 Å². The maximum absolute atomic E-state index is 5.98. The lowest BCUT2D eigenvalue weighted by Gasteiger charge is -2.22. The van der Waals surface area contributed by atoms with Gasteiger partial charge in [-0.3, -0.25) is 0 Å². The van der Waals surface area contributed by atoms with Crippen molar-refractivity contribution in [3.05, 3.63) is 51.2 Å². The highest BCUT2D eigenvalue weighted by atomic mass is 79.9. The highest BCUT2D eigenvalue weighted by Crippen LogP contribution is 2.36. The number of halogens is 2. The van der Waals surface area contributed by atoms with E-state index in [1.165, 1.54) is 9.75 Å². The minimum Gasteiger partial charge on any atom is -0.493 e. The third-order valence-electron chi connectivity index (χ3n) is 4.38. The van der Waals surface area contributed by atoms with E-state index >= 15 is 0 Å². The highest BCUT2D eigenvalue weighted by Gasteiger charge is 2.39. The Labute approximate surface area is 171 Å². The Morgan fingerprint density at radius 3 is 2.64 bits per heavy atom. The van der Waals surface area contributed by atoms with E-state index in [4.69, 9.17) is 33.3 Å². The van der Waals surface area contributed by atoms with Crippen LogP contribution in [0.4, 0.5) is 0 Å². The van der Waals surface area contributed by atoms with E-state index in [0.717, 1.165) is 17.0 Å². The number of hydrogen-bond acceptors (Lipinski definition) is 4. The van der Waals surface area contributed by atoms with Crippen LogP contribution in [-0.4, -0.2) is 22.9 Å². The summed E-state index contributed by atoms with van der Waals surface area (Å²) < 4.78 is 11.9. The molecule has 0 aliphatic heterocycles. The molecule has 0 bridgehead atoms. The molecule has 1 aliphatic rings. The number of alkyl halides is 1. The second-order valence-electron chi connectivity index (χ2n) is 6.25. The lowest BCUT2D eigenvalue weighted by atomic mass is 9.98. The van der Waals surface area contributed by atoms with E-state index in [2.05, 4.69) is 35.0 Å². The Hall–Kier alpha value is -0.460. The van der Waals surface area contributed by atoms with Gasteiger partial charge in [-0.1, -0.05) is 39.7 Å². The first kappa shape index (κ1) is 19.3. The third-order valence-corrected chi connectivity index (χ3v) is 7.08. The lowest BCUT2D eigenvalue weighted by molar-refractivity contribution is 0.0749. The zero-order valence-corrected chi connectivity index (χ0v) is 17.9. The maximum atomic E-state index is 5.98. The van der Waals surface area contributed by atoms with Gasteiger partial charge in [0.2, 0.25) is 0 Å². The van der Waals surface area contributed by atoms with Gasteiger partial charge in [-0.05, 0) is 49.7 Å². The quantitative estimate of drug-likeness (QED) is 0.369. The number of hydrogen-bond donors (Lipinski definition) is 0. The molecule has 6 heteroatoms. The normalized spacial score (nSPS) is 23.2. The van der Waals surface area contributed by atoms with Crippen molar-refractivity contribution in [2.24, 2.45) is 11.8 Å². The maximum Gasteiger partial charge on any atom is 0.119 e. The van der Waals surface area contributed by atoms with E-state index in [9.17, 15) is 0 Å². The number of ether oxygens (including phenoxy) is 2. The fourth-order valence-electron chi connectivity index (χ4n) is 3.00. The van der Waals surface area contributed by atoms with Crippen LogP contribution in [0.1, 0.15) is 16.2 Å². The van der Waals surface area contributed by atoms with Crippen LogP contribution in [0.25, 0.3) is 0 Å². The van der Waals surface area contributed by atoms with Crippen molar-refractivity contribution in [1.82, 2.24) is 0 Å². The van der Waals surface area contributed by atoms with Crippen LogP contribution in [0, 0.1) is 18.8 Å². The molecule has 3 rings (SSSR count). The smallest absolute Gasteiger partial charge is 0.119 e. The SMILES string of the molecule is Cc1ccc(COC[C@H]2C(Br)CC(=S)[C@@H]2COc2ccc(Cl)cc2)s1. The van der Waals surface area contributed by atoms with Gasteiger partial charge in [-0.15, -0.1) is 11.3 Å². The average molecular weight is 460 g/mol. The predicted octanol–water partition coefficient (Wildman–Crippen LogP) is 6.08. The number of aryl methyl sites for hydroxylation is 1. The molecule has 1 heterocycles. The summed E-state index contributed by atoms with van der Waals surface area (Å²) in [6.45, 7) is 4.03. The van der Waals surface area contributed by atoms with Gasteiger partial charge in [-0.25, -0.2) is 0 Å². The second-order valence-corrected chi connectivity index (χ2v) is 9.76. The van der Waals surface area contributed by atoms with E-state index in [0.29, 0.717) is 35.6 Å². The van der Waals surface area contributed by atoms with E-state index in [1.807, 2.05) is 24.3 Å². The summed E-state index contributed by atoms with van der Waals surface area (Å²) in [6.07, 6.45) is 0.899. The van der Waals surface area contributed by atoms with Crippen molar-refractivity contribution in [2.45, 2.75) is 24.8 Å². The van der Waals surface area contributed by atoms with E-state index in [1.54, 1.807) is 11.3 Å². The first-order valence-electron chi connectivity index (χ1n) is 8.21. The molecule has 0 N–H and O–H groups in total. The summed E-state index contributed by atoms with van der Waals surface area (Å²) in [5.41, 5.74) is 0. The van der Waals surface area contributed by atoms with Gasteiger partial charge in [-0.2, -0.15) is 0 Å². The number of benzene rings is 1. The Balaban J connectivity index is 1.54. The average Bonchev–Trinajstić information content (AvgIpc) is 3.11. The number of thiocarbonyl (C=S) groups is 1. The second kappa shape index (κ2) is 8.96. The summed E-state index contributed by atoms with van der Waals surface area (Å²) in [4.78, 5) is 3.99. The molecule has 0 saturated heterocycles. The van der Waals surface area contributed by atoms with Crippen molar-refractivity contribution in [3.8, 4) is 5.75 Å². The standard InChI is InChI=1S/C19H20BrClO2S2/c1-12-2-7-15(25-12)9-22-10-16-17(19(24)8-18(16)20)11-23-14-5-3-13(21)4-6-14/h2-7,16-18H,8-11H2,1H3/t16-,17-,18?/m1/s1. The molecule has 1 aromatic heterocycles. The molecule has 25 heavy (non-hydrogen) atoms. The monoisotopic (exact) mass is 458 g/mol. The third kappa shape index (κ3) is 5.27. The first-order chi connectivity index (χ1) is 12.0. The van der Waals surface area contributed by atoms with Crippen molar-refractivity contribution in [1.29, 1.82) is 0 Å². The molecule has 2 aromatic rings. The minimum absolute atomic E-state index is 0.222. The van der Waals surface area contributed by atoms with Crippen LogP contribution in [0.3, 0.4) is 0 Å².